The molecule has 2 N–H and O–H groups in total. The Bertz CT molecular complexity index is 1070. The van der Waals surface area contributed by atoms with Crippen molar-refractivity contribution in [3.8, 4) is 11.3 Å². The van der Waals surface area contributed by atoms with Crippen molar-refractivity contribution < 1.29 is 9.53 Å². The van der Waals surface area contributed by atoms with Crippen LogP contribution < -0.4 is 5.73 Å². The lowest BCUT2D eigenvalue weighted by atomic mass is 10.00. The van der Waals surface area contributed by atoms with Gasteiger partial charge in [-0.15, -0.1) is 0 Å². The minimum atomic E-state index is -0.197. The van der Waals surface area contributed by atoms with Crippen LogP contribution in [0.5, 0.6) is 0 Å². The normalized spacial score (nSPS) is 17.7. The van der Waals surface area contributed by atoms with Gasteiger partial charge in [-0.05, 0) is 23.6 Å². The van der Waals surface area contributed by atoms with Crippen molar-refractivity contribution in [1.82, 2.24) is 14.5 Å². The molecule has 6 nitrogen and oxygen atoms in total. The number of rotatable bonds is 7. The fourth-order valence-electron chi connectivity index (χ4n) is 4.21. The predicted molar refractivity (Wildman–Crippen MR) is 126 cm³/mol. The maximum absolute atomic E-state index is 12.9. The van der Waals surface area contributed by atoms with Crippen molar-refractivity contribution in [2.75, 3.05) is 19.7 Å². The number of nitrogens with zero attached hydrogens (tertiary/aromatic N) is 3. The summed E-state index contributed by atoms with van der Waals surface area (Å²) in [5.41, 5.74) is 8.80. The topological polar surface area (TPSA) is 73.4 Å². The summed E-state index contributed by atoms with van der Waals surface area (Å²) in [5.74, 6) is 0.969. The largest absolute Gasteiger partial charge is 0.365 e. The Morgan fingerprint density at radius 1 is 1.19 bits per heavy atom. The smallest absolute Gasteiger partial charge is 0.249 e. The first-order chi connectivity index (χ1) is 15.5. The van der Waals surface area contributed by atoms with Gasteiger partial charge in [0, 0.05) is 36.4 Å². The van der Waals surface area contributed by atoms with Gasteiger partial charge in [0.05, 0.1) is 17.8 Å². The summed E-state index contributed by atoms with van der Waals surface area (Å²) in [4.78, 5) is 19.8. The first-order valence-electron chi connectivity index (χ1n) is 10.9. The van der Waals surface area contributed by atoms with Gasteiger partial charge in [-0.1, -0.05) is 67.9 Å². The van der Waals surface area contributed by atoms with Gasteiger partial charge in [-0.3, -0.25) is 4.79 Å². The zero-order valence-electron chi connectivity index (χ0n) is 18.4. The van der Waals surface area contributed by atoms with Crippen molar-refractivity contribution in [2.45, 2.75) is 32.5 Å². The van der Waals surface area contributed by atoms with Gasteiger partial charge in [0.25, 0.3) is 0 Å². The molecule has 168 valence electrons. The van der Waals surface area contributed by atoms with E-state index in [9.17, 15) is 4.79 Å². The quantitative estimate of drug-likeness (QED) is 0.584. The maximum Gasteiger partial charge on any atom is 0.249 e. The van der Waals surface area contributed by atoms with Crippen molar-refractivity contribution in [3.05, 3.63) is 77.2 Å². The molecule has 3 aromatic rings. The van der Waals surface area contributed by atoms with Crippen LogP contribution in [0.2, 0.25) is 5.02 Å². The van der Waals surface area contributed by atoms with E-state index in [1.54, 1.807) is 0 Å². The number of nitrogens with two attached hydrogens (primary N) is 1. The van der Waals surface area contributed by atoms with E-state index in [0.717, 1.165) is 17.1 Å². The van der Waals surface area contributed by atoms with E-state index in [0.29, 0.717) is 24.7 Å². The fourth-order valence-corrected chi connectivity index (χ4v) is 4.40. The molecule has 0 bridgehead atoms. The molecular formula is C25H29ClN4O2. The lowest BCUT2D eigenvalue weighted by Gasteiger charge is -2.39. The summed E-state index contributed by atoms with van der Waals surface area (Å²) in [6.45, 7) is 5.78. The van der Waals surface area contributed by atoms with Crippen LogP contribution in [0, 0.1) is 5.92 Å². The molecule has 0 spiro atoms. The van der Waals surface area contributed by atoms with Crippen LogP contribution in [0.15, 0.2) is 60.8 Å². The molecule has 2 heterocycles. The Morgan fingerprint density at radius 2 is 1.97 bits per heavy atom. The Morgan fingerprint density at radius 3 is 2.66 bits per heavy atom. The highest BCUT2D eigenvalue weighted by molar-refractivity contribution is 6.30. The monoisotopic (exact) mass is 452 g/mol. The molecule has 1 aromatic heterocycles. The van der Waals surface area contributed by atoms with Crippen molar-refractivity contribution in [2.24, 2.45) is 11.7 Å². The lowest BCUT2D eigenvalue weighted by Crippen LogP contribution is -2.51. The van der Waals surface area contributed by atoms with Crippen LogP contribution in [0.3, 0.4) is 0 Å². The van der Waals surface area contributed by atoms with Gasteiger partial charge in [0.15, 0.2) is 0 Å². The Kier molecular flexibility index (Phi) is 6.94. The number of carbonyl (C=O) groups excluding carboxylic acids is 1. The number of amides is 1. The van der Waals surface area contributed by atoms with Crippen LogP contribution >= 0.6 is 11.6 Å². The molecule has 0 unspecified atom stereocenters. The minimum Gasteiger partial charge on any atom is -0.365 e. The number of hydrogen-bond acceptors (Lipinski definition) is 4. The number of halogens is 1. The SMILES string of the molecule is CC(C)[C@H](c1nc(-c2cccc(Cl)c2)cn1Cc1ccccc1)N1C[C@@H](CN)OCC1=O. The average Bonchev–Trinajstić information content (AvgIpc) is 3.19. The second-order valence-electron chi connectivity index (χ2n) is 8.51. The molecule has 32 heavy (non-hydrogen) atoms. The van der Waals surface area contributed by atoms with Crippen LogP contribution in [-0.2, 0) is 16.1 Å². The highest BCUT2D eigenvalue weighted by Gasteiger charge is 2.36. The van der Waals surface area contributed by atoms with Crippen molar-refractivity contribution in [1.29, 1.82) is 0 Å². The number of ether oxygens (including phenoxy) is 1. The maximum atomic E-state index is 12.9. The number of carbonyl (C=O) groups is 1. The van der Waals surface area contributed by atoms with Gasteiger partial charge < -0.3 is 19.9 Å². The Labute approximate surface area is 194 Å². The zero-order valence-corrected chi connectivity index (χ0v) is 19.2. The molecule has 0 radical (unpaired) electrons. The van der Waals surface area contributed by atoms with Gasteiger partial charge >= 0.3 is 0 Å². The van der Waals surface area contributed by atoms with Gasteiger partial charge in [0.1, 0.15) is 12.4 Å². The third kappa shape index (κ3) is 4.88. The fraction of sp³-hybridized carbons (Fsp3) is 0.360. The number of imidazole rings is 1. The molecule has 1 aliphatic rings. The van der Waals surface area contributed by atoms with E-state index < -0.39 is 0 Å². The zero-order chi connectivity index (χ0) is 22.7. The molecule has 7 heteroatoms. The van der Waals surface area contributed by atoms with Crippen LogP contribution in [-0.4, -0.2) is 46.2 Å². The van der Waals surface area contributed by atoms with Crippen LogP contribution in [0.25, 0.3) is 11.3 Å². The van der Waals surface area contributed by atoms with E-state index in [1.807, 2.05) is 47.4 Å². The molecule has 0 aliphatic carbocycles. The molecule has 1 saturated heterocycles. The molecule has 1 aliphatic heterocycles. The van der Waals surface area contributed by atoms with Crippen molar-refractivity contribution in [3.63, 3.8) is 0 Å². The van der Waals surface area contributed by atoms with E-state index in [4.69, 9.17) is 27.1 Å². The number of morpholine rings is 1. The second kappa shape index (κ2) is 9.86. The van der Waals surface area contributed by atoms with E-state index >= 15 is 0 Å². The highest BCUT2D eigenvalue weighted by Crippen LogP contribution is 2.33. The van der Waals surface area contributed by atoms with E-state index in [1.165, 1.54) is 5.56 Å². The summed E-state index contributed by atoms with van der Waals surface area (Å²) >= 11 is 6.24. The number of hydrogen-bond donors (Lipinski definition) is 1. The first kappa shape index (κ1) is 22.5. The minimum absolute atomic E-state index is 0.0352. The molecule has 0 saturated carbocycles. The molecule has 2 aromatic carbocycles. The molecular weight excluding hydrogens is 424 g/mol. The van der Waals surface area contributed by atoms with Crippen LogP contribution in [0.4, 0.5) is 0 Å². The van der Waals surface area contributed by atoms with Gasteiger partial charge in [-0.2, -0.15) is 0 Å². The van der Waals surface area contributed by atoms with Gasteiger partial charge in [-0.25, -0.2) is 4.98 Å². The second-order valence-corrected chi connectivity index (χ2v) is 8.95. The molecule has 4 rings (SSSR count). The van der Waals surface area contributed by atoms with E-state index in [-0.39, 0.29) is 30.6 Å². The Balaban J connectivity index is 1.79. The van der Waals surface area contributed by atoms with E-state index in [2.05, 4.69) is 36.7 Å². The summed E-state index contributed by atoms with van der Waals surface area (Å²) in [7, 11) is 0. The highest BCUT2D eigenvalue weighted by atomic mass is 35.5. The summed E-state index contributed by atoms with van der Waals surface area (Å²) < 4.78 is 7.74. The standard InChI is InChI=1S/C25H29ClN4O2/c1-17(2)24(30-14-21(12-27)32-16-23(30)31)25-28-22(19-9-6-10-20(26)11-19)15-29(25)13-18-7-4-3-5-8-18/h3-11,15,17,21,24H,12-14,16,27H2,1-2H3/t21-,24-/m1/s1. The molecule has 1 amide bonds. The molecule has 1 fully saturated rings. The Hall–Kier alpha value is -2.67. The summed E-state index contributed by atoms with van der Waals surface area (Å²) in [6.07, 6.45) is 1.88. The summed E-state index contributed by atoms with van der Waals surface area (Å²) in [6, 6.07) is 17.7. The van der Waals surface area contributed by atoms with Gasteiger partial charge in [0.2, 0.25) is 5.91 Å². The van der Waals surface area contributed by atoms with Crippen LogP contribution in [0.1, 0.15) is 31.3 Å². The third-order valence-corrected chi connectivity index (χ3v) is 6.02. The molecule has 2 atom stereocenters. The van der Waals surface area contributed by atoms with Crippen molar-refractivity contribution >= 4 is 17.5 Å². The first-order valence-corrected chi connectivity index (χ1v) is 11.3. The lowest BCUT2D eigenvalue weighted by molar-refractivity contribution is -0.153. The predicted octanol–water partition coefficient (Wildman–Crippen LogP) is 4.14. The number of aromatic nitrogens is 2. The average molecular weight is 453 g/mol. The third-order valence-electron chi connectivity index (χ3n) is 5.78. The number of benzene rings is 2. The summed E-state index contributed by atoms with van der Waals surface area (Å²) in [5, 5.41) is 0.663.